The van der Waals surface area contributed by atoms with Crippen LogP contribution < -0.4 is 4.74 Å². The second-order valence-corrected chi connectivity index (χ2v) is 2.38. The van der Waals surface area contributed by atoms with Crippen LogP contribution in [0.4, 0.5) is 13.2 Å². The summed E-state index contributed by atoms with van der Waals surface area (Å²) in [7, 11) is 0. The van der Waals surface area contributed by atoms with Crippen molar-refractivity contribution in [3.8, 4) is 5.75 Å². The van der Waals surface area contributed by atoms with Gasteiger partial charge in [0, 0.05) is 12.1 Å². The van der Waals surface area contributed by atoms with Gasteiger partial charge in [-0.15, -0.1) is 0 Å². The van der Waals surface area contributed by atoms with E-state index in [9.17, 15) is 18.0 Å². The Kier molecular flexibility index (Phi) is 2.95. The van der Waals surface area contributed by atoms with Gasteiger partial charge in [-0.2, -0.15) is 0 Å². The first-order valence-electron chi connectivity index (χ1n) is 3.50. The first-order chi connectivity index (χ1) is 6.50. The van der Waals surface area contributed by atoms with Gasteiger partial charge in [-0.3, -0.25) is 0 Å². The third-order valence-corrected chi connectivity index (χ3v) is 1.33. The highest BCUT2D eigenvalue weighted by molar-refractivity contribution is 5.68. The molecule has 0 aromatic heterocycles. The Labute approximate surface area is 76.7 Å². The Hall–Kier alpha value is -1.72. The van der Waals surface area contributed by atoms with Gasteiger partial charge in [0.25, 0.3) is 0 Å². The molecule has 0 unspecified atom stereocenters. The SMILES string of the molecule is O=C(O)COc1cc(F)c(F)cc1F. The van der Waals surface area contributed by atoms with Gasteiger partial charge in [-0.05, 0) is 0 Å². The minimum atomic E-state index is -1.36. The average Bonchev–Trinajstić information content (AvgIpc) is 2.09. The van der Waals surface area contributed by atoms with Crippen molar-refractivity contribution in [2.75, 3.05) is 6.61 Å². The standard InChI is InChI=1S/C8H5F3O3/c9-4-1-6(11)7(2-5(4)10)14-3-8(12)13/h1-2H,3H2,(H,12,13). The lowest BCUT2D eigenvalue weighted by Crippen LogP contribution is -2.10. The van der Waals surface area contributed by atoms with E-state index in [1.807, 2.05) is 0 Å². The van der Waals surface area contributed by atoms with E-state index >= 15 is 0 Å². The number of hydrogen-bond acceptors (Lipinski definition) is 2. The van der Waals surface area contributed by atoms with Gasteiger partial charge in [-0.1, -0.05) is 0 Å². The zero-order valence-corrected chi connectivity index (χ0v) is 6.76. The fraction of sp³-hybridized carbons (Fsp3) is 0.125. The normalized spacial score (nSPS) is 9.93. The zero-order valence-electron chi connectivity index (χ0n) is 6.76. The Morgan fingerprint density at radius 1 is 1.21 bits per heavy atom. The van der Waals surface area contributed by atoms with E-state index in [-0.39, 0.29) is 6.07 Å². The number of ether oxygens (including phenoxy) is 1. The molecule has 1 N–H and O–H groups in total. The van der Waals surface area contributed by atoms with Crippen LogP contribution in [-0.4, -0.2) is 17.7 Å². The third kappa shape index (κ3) is 2.38. The molecule has 0 fully saturated rings. The molecule has 0 saturated carbocycles. The van der Waals surface area contributed by atoms with E-state index in [1.165, 1.54) is 0 Å². The first-order valence-corrected chi connectivity index (χ1v) is 3.50. The number of halogens is 3. The van der Waals surface area contributed by atoms with Gasteiger partial charge >= 0.3 is 5.97 Å². The number of carboxylic acids is 1. The summed E-state index contributed by atoms with van der Waals surface area (Å²) < 4.78 is 42.0. The Bertz CT molecular complexity index is 365. The molecule has 76 valence electrons. The lowest BCUT2D eigenvalue weighted by molar-refractivity contribution is -0.139. The minimum Gasteiger partial charge on any atom is -0.479 e. The molecule has 14 heavy (non-hydrogen) atoms. The number of benzene rings is 1. The van der Waals surface area contributed by atoms with Crippen molar-refractivity contribution in [1.29, 1.82) is 0 Å². The van der Waals surface area contributed by atoms with Crippen molar-refractivity contribution in [1.82, 2.24) is 0 Å². The summed E-state index contributed by atoms with van der Waals surface area (Å²) in [5.74, 6) is -5.78. The molecule has 0 bridgehead atoms. The molecule has 0 radical (unpaired) electrons. The van der Waals surface area contributed by atoms with Gasteiger partial charge in [0.05, 0.1) is 0 Å². The number of carbonyl (C=O) groups is 1. The van der Waals surface area contributed by atoms with E-state index < -0.39 is 35.8 Å². The lowest BCUT2D eigenvalue weighted by atomic mass is 10.3. The summed E-state index contributed by atoms with van der Waals surface area (Å²) >= 11 is 0. The van der Waals surface area contributed by atoms with Crippen LogP contribution in [0.2, 0.25) is 0 Å². The van der Waals surface area contributed by atoms with E-state index in [2.05, 4.69) is 4.74 Å². The molecule has 0 aliphatic carbocycles. The van der Waals surface area contributed by atoms with Crippen LogP contribution in [0.25, 0.3) is 0 Å². The molecule has 1 rings (SSSR count). The van der Waals surface area contributed by atoms with Gasteiger partial charge in [0.1, 0.15) is 0 Å². The fourth-order valence-electron chi connectivity index (χ4n) is 0.754. The van der Waals surface area contributed by atoms with Crippen LogP contribution in [0.1, 0.15) is 0 Å². The number of rotatable bonds is 3. The lowest BCUT2D eigenvalue weighted by Gasteiger charge is -2.04. The van der Waals surface area contributed by atoms with Crippen molar-refractivity contribution in [3.05, 3.63) is 29.6 Å². The molecule has 0 amide bonds. The second-order valence-electron chi connectivity index (χ2n) is 2.38. The highest BCUT2D eigenvalue weighted by Gasteiger charge is 2.11. The Morgan fingerprint density at radius 2 is 1.79 bits per heavy atom. The van der Waals surface area contributed by atoms with E-state index in [4.69, 9.17) is 5.11 Å². The molecule has 0 spiro atoms. The van der Waals surface area contributed by atoms with Crippen molar-refractivity contribution >= 4 is 5.97 Å². The molecular weight excluding hydrogens is 201 g/mol. The molecule has 1 aromatic rings. The van der Waals surface area contributed by atoms with Gasteiger partial charge in [-0.25, -0.2) is 18.0 Å². The minimum absolute atomic E-state index is 0.284. The van der Waals surface area contributed by atoms with Crippen molar-refractivity contribution < 1.29 is 27.8 Å². The molecule has 3 nitrogen and oxygen atoms in total. The molecule has 0 heterocycles. The van der Waals surface area contributed by atoms with Crippen LogP contribution in [0.3, 0.4) is 0 Å². The topological polar surface area (TPSA) is 46.5 Å². The highest BCUT2D eigenvalue weighted by Crippen LogP contribution is 2.20. The Balaban J connectivity index is 2.87. The predicted molar refractivity (Wildman–Crippen MR) is 39.4 cm³/mol. The number of aliphatic carboxylic acids is 1. The van der Waals surface area contributed by atoms with Crippen LogP contribution in [0.5, 0.6) is 5.75 Å². The molecule has 0 aliphatic heterocycles. The Morgan fingerprint density at radius 3 is 2.36 bits per heavy atom. The molecule has 0 saturated heterocycles. The summed E-state index contributed by atoms with van der Waals surface area (Å²) in [4.78, 5) is 10.0. The third-order valence-electron chi connectivity index (χ3n) is 1.33. The van der Waals surface area contributed by atoms with Crippen LogP contribution >= 0.6 is 0 Å². The van der Waals surface area contributed by atoms with E-state index in [0.29, 0.717) is 6.07 Å². The summed E-state index contributed by atoms with van der Waals surface area (Å²) in [5.41, 5.74) is 0. The molecule has 1 aromatic carbocycles. The maximum atomic E-state index is 12.8. The summed E-state index contributed by atoms with van der Waals surface area (Å²) in [6, 6.07) is 0.736. The van der Waals surface area contributed by atoms with E-state index in [0.717, 1.165) is 0 Å². The first kappa shape index (κ1) is 10.4. The summed E-state index contributed by atoms with van der Waals surface area (Å²) in [5, 5.41) is 8.17. The molecular formula is C8H5F3O3. The fourth-order valence-corrected chi connectivity index (χ4v) is 0.754. The average molecular weight is 206 g/mol. The maximum absolute atomic E-state index is 12.8. The van der Waals surface area contributed by atoms with Crippen molar-refractivity contribution in [2.45, 2.75) is 0 Å². The smallest absolute Gasteiger partial charge is 0.341 e. The maximum Gasteiger partial charge on any atom is 0.341 e. The van der Waals surface area contributed by atoms with Gasteiger partial charge < -0.3 is 9.84 Å². The number of hydrogen-bond donors (Lipinski definition) is 1. The summed E-state index contributed by atoms with van der Waals surface area (Å²) in [6.45, 7) is -0.817. The zero-order chi connectivity index (χ0) is 10.7. The molecule has 6 heteroatoms. The molecule has 0 aliphatic rings. The van der Waals surface area contributed by atoms with Gasteiger partial charge in [0.2, 0.25) is 0 Å². The molecule has 0 atom stereocenters. The predicted octanol–water partition coefficient (Wildman–Crippen LogP) is 1.57. The monoisotopic (exact) mass is 206 g/mol. The van der Waals surface area contributed by atoms with Crippen molar-refractivity contribution in [3.63, 3.8) is 0 Å². The number of carboxylic acid groups (broad SMARTS) is 1. The highest BCUT2D eigenvalue weighted by atomic mass is 19.2. The van der Waals surface area contributed by atoms with Crippen LogP contribution in [0.15, 0.2) is 12.1 Å². The summed E-state index contributed by atoms with van der Waals surface area (Å²) in [6.07, 6.45) is 0. The quantitative estimate of drug-likeness (QED) is 0.763. The van der Waals surface area contributed by atoms with E-state index in [1.54, 1.807) is 0 Å². The largest absolute Gasteiger partial charge is 0.479 e. The van der Waals surface area contributed by atoms with Gasteiger partial charge in [0.15, 0.2) is 29.8 Å². The van der Waals surface area contributed by atoms with Crippen LogP contribution in [-0.2, 0) is 4.79 Å². The second kappa shape index (κ2) is 3.99. The van der Waals surface area contributed by atoms with Crippen molar-refractivity contribution in [2.24, 2.45) is 0 Å². The van der Waals surface area contributed by atoms with Crippen LogP contribution in [0, 0.1) is 17.5 Å².